The number of rotatable bonds is 2. The molecule has 0 unspecified atom stereocenters. The van der Waals surface area contributed by atoms with Crippen LogP contribution in [0.1, 0.15) is 58.3 Å². The summed E-state index contributed by atoms with van der Waals surface area (Å²) in [6.07, 6.45) is 3.21. The smallest absolute Gasteiger partial charge is 0.255 e. The van der Waals surface area contributed by atoms with E-state index in [2.05, 4.69) is 4.98 Å². The average molecular weight is 304 g/mol. The third kappa shape index (κ3) is 2.47. The van der Waals surface area contributed by atoms with Crippen LogP contribution in [-0.4, -0.2) is 47.9 Å². The van der Waals surface area contributed by atoms with E-state index < -0.39 is 0 Å². The molecule has 2 saturated heterocycles. The third-order valence-electron chi connectivity index (χ3n) is 5.14. The summed E-state index contributed by atoms with van der Waals surface area (Å²) in [7, 11) is 0. The molecule has 0 saturated carbocycles. The SMILES string of the molecule is CC(=O)c1[nH]c(C)c(C(=O)N2CCC[C@@]3(CCOC3)C2)c1C. The Morgan fingerprint density at radius 3 is 2.64 bits per heavy atom. The molecule has 5 nitrogen and oxygen atoms in total. The molecule has 1 spiro atoms. The fraction of sp³-hybridized carbons (Fsp3) is 0.647. The molecule has 0 bridgehead atoms. The maximum atomic E-state index is 13.0. The minimum absolute atomic E-state index is 0.0287. The number of aromatic amines is 1. The van der Waals surface area contributed by atoms with Gasteiger partial charge >= 0.3 is 0 Å². The molecule has 1 aromatic rings. The van der Waals surface area contributed by atoms with Crippen LogP contribution in [0.4, 0.5) is 0 Å². The third-order valence-corrected chi connectivity index (χ3v) is 5.14. The quantitative estimate of drug-likeness (QED) is 0.854. The van der Waals surface area contributed by atoms with Gasteiger partial charge in [0.25, 0.3) is 5.91 Å². The van der Waals surface area contributed by atoms with Gasteiger partial charge in [-0.05, 0) is 38.7 Å². The fourth-order valence-electron chi connectivity index (χ4n) is 3.93. The molecule has 22 heavy (non-hydrogen) atoms. The molecule has 0 aliphatic carbocycles. The van der Waals surface area contributed by atoms with Gasteiger partial charge in [0.15, 0.2) is 5.78 Å². The first-order chi connectivity index (χ1) is 10.4. The second-order valence-corrected chi connectivity index (χ2v) is 6.81. The maximum Gasteiger partial charge on any atom is 0.255 e. The molecule has 120 valence electrons. The second-order valence-electron chi connectivity index (χ2n) is 6.81. The van der Waals surface area contributed by atoms with Crippen LogP contribution in [-0.2, 0) is 4.74 Å². The van der Waals surface area contributed by atoms with Crippen molar-refractivity contribution in [2.75, 3.05) is 26.3 Å². The summed E-state index contributed by atoms with van der Waals surface area (Å²) < 4.78 is 5.57. The Kier molecular flexibility index (Phi) is 3.85. The first-order valence-corrected chi connectivity index (χ1v) is 8.01. The number of piperidine rings is 1. The van der Waals surface area contributed by atoms with Gasteiger partial charge in [-0.1, -0.05) is 0 Å². The van der Waals surface area contributed by atoms with Crippen molar-refractivity contribution < 1.29 is 14.3 Å². The van der Waals surface area contributed by atoms with Crippen LogP contribution in [0.25, 0.3) is 0 Å². The van der Waals surface area contributed by atoms with Crippen molar-refractivity contribution in [1.82, 2.24) is 9.88 Å². The number of nitrogens with zero attached hydrogens (tertiary/aromatic N) is 1. The van der Waals surface area contributed by atoms with Crippen molar-refractivity contribution in [3.8, 4) is 0 Å². The molecule has 1 aromatic heterocycles. The lowest BCUT2D eigenvalue weighted by atomic mass is 9.79. The number of H-pyrrole nitrogens is 1. The average Bonchev–Trinajstić information content (AvgIpc) is 3.03. The number of likely N-dealkylation sites (tertiary alicyclic amines) is 1. The lowest BCUT2D eigenvalue weighted by Crippen LogP contribution is -2.46. The van der Waals surface area contributed by atoms with Crippen LogP contribution >= 0.6 is 0 Å². The van der Waals surface area contributed by atoms with E-state index in [-0.39, 0.29) is 17.1 Å². The summed E-state index contributed by atoms with van der Waals surface area (Å²) in [5.74, 6) is 0.0173. The number of aromatic nitrogens is 1. The molecule has 1 amide bonds. The van der Waals surface area contributed by atoms with Crippen LogP contribution in [0, 0.1) is 19.3 Å². The van der Waals surface area contributed by atoms with Gasteiger partial charge < -0.3 is 14.6 Å². The van der Waals surface area contributed by atoms with Crippen molar-refractivity contribution in [3.05, 3.63) is 22.5 Å². The highest BCUT2D eigenvalue weighted by molar-refractivity contribution is 6.02. The number of Topliss-reactive ketones (excluding diaryl/α,β-unsaturated/α-hetero) is 1. The number of ketones is 1. The van der Waals surface area contributed by atoms with Gasteiger partial charge in [-0.15, -0.1) is 0 Å². The van der Waals surface area contributed by atoms with Crippen molar-refractivity contribution in [2.45, 2.75) is 40.0 Å². The highest BCUT2D eigenvalue weighted by Crippen LogP contribution is 2.38. The lowest BCUT2D eigenvalue weighted by molar-refractivity contribution is 0.0461. The first-order valence-electron chi connectivity index (χ1n) is 8.01. The van der Waals surface area contributed by atoms with E-state index in [1.165, 1.54) is 6.92 Å². The van der Waals surface area contributed by atoms with Crippen molar-refractivity contribution in [1.29, 1.82) is 0 Å². The number of carbonyl (C=O) groups is 2. The molecule has 5 heteroatoms. The van der Waals surface area contributed by atoms with E-state index in [4.69, 9.17) is 4.74 Å². The fourth-order valence-corrected chi connectivity index (χ4v) is 3.93. The minimum atomic E-state index is -0.0287. The van der Waals surface area contributed by atoms with Crippen molar-refractivity contribution >= 4 is 11.7 Å². The molecule has 0 radical (unpaired) electrons. The highest BCUT2D eigenvalue weighted by atomic mass is 16.5. The molecule has 3 heterocycles. The Morgan fingerprint density at radius 1 is 1.27 bits per heavy atom. The monoisotopic (exact) mass is 304 g/mol. The van der Waals surface area contributed by atoms with Crippen LogP contribution in [0.15, 0.2) is 0 Å². The highest BCUT2D eigenvalue weighted by Gasteiger charge is 2.41. The Balaban J connectivity index is 1.86. The second kappa shape index (κ2) is 5.54. The summed E-state index contributed by atoms with van der Waals surface area (Å²) >= 11 is 0. The Morgan fingerprint density at radius 2 is 2.05 bits per heavy atom. The molecule has 3 rings (SSSR count). The number of hydrogen-bond acceptors (Lipinski definition) is 3. The van der Waals surface area contributed by atoms with E-state index in [1.54, 1.807) is 0 Å². The number of carbonyl (C=O) groups excluding carboxylic acids is 2. The number of nitrogens with one attached hydrogen (secondary N) is 1. The first kappa shape index (κ1) is 15.3. The van der Waals surface area contributed by atoms with Crippen molar-refractivity contribution in [2.24, 2.45) is 5.41 Å². The Bertz CT molecular complexity index is 612. The lowest BCUT2D eigenvalue weighted by Gasteiger charge is -2.39. The molecule has 2 fully saturated rings. The van der Waals surface area contributed by atoms with Gasteiger partial charge in [0.2, 0.25) is 0 Å². The zero-order valence-electron chi connectivity index (χ0n) is 13.6. The van der Waals surface area contributed by atoms with E-state index in [9.17, 15) is 9.59 Å². The minimum Gasteiger partial charge on any atom is -0.381 e. The van der Waals surface area contributed by atoms with Crippen LogP contribution in [0.5, 0.6) is 0 Å². The van der Waals surface area contributed by atoms with Crippen LogP contribution in [0.3, 0.4) is 0 Å². The van der Waals surface area contributed by atoms with Crippen LogP contribution in [0.2, 0.25) is 0 Å². The zero-order valence-corrected chi connectivity index (χ0v) is 13.6. The van der Waals surface area contributed by atoms with Gasteiger partial charge in [-0.25, -0.2) is 0 Å². The topological polar surface area (TPSA) is 62.4 Å². The van der Waals surface area contributed by atoms with Gasteiger partial charge in [-0.3, -0.25) is 9.59 Å². The summed E-state index contributed by atoms with van der Waals surface area (Å²) in [6.45, 7) is 8.37. The molecular formula is C17H24N2O3. The predicted octanol–water partition coefficient (Wildman–Crippen LogP) is 2.48. The van der Waals surface area contributed by atoms with E-state index in [0.29, 0.717) is 11.3 Å². The largest absolute Gasteiger partial charge is 0.381 e. The number of amides is 1. The predicted molar refractivity (Wildman–Crippen MR) is 83.3 cm³/mol. The van der Waals surface area contributed by atoms with E-state index in [1.807, 2.05) is 18.7 Å². The molecule has 1 N–H and O–H groups in total. The van der Waals surface area contributed by atoms with Gasteiger partial charge in [-0.2, -0.15) is 0 Å². The molecule has 2 aliphatic heterocycles. The molecular weight excluding hydrogens is 280 g/mol. The molecule has 1 atom stereocenters. The van der Waals surface area contributed by atoms with Gasteiger partial charge in [0, 0.05) is 37.7 Å². The summed E-state index contributed by atoms with van der Waals surface area (Å²) in [5, 5.41) is 0. The number of hydrogen-bond donors (Lipinski definition) is 1. The zero-order chi connectivity index (χ0) is 15.9. The van der Waals surface area contributed by atoms with Crippen molar-refractivity contribution in [3.63, 3.8) is 0 Å². The maximum absolute atomic E-state index is 13.0. The van der Waals surface area contributed by atoms with E-state index in [0.717, 1.165) is 56.8 Å². The Labute approximate surface area is 131 Å². The summed E-state index contributed by atoms with van der Waals surface area (Å²) in [6, 6.07) is 0. The van der Waals surface area contributed by atoms with Gasteiger partial charge in [0.05, 0.1) is 17.9 Å². The molecule has 2 aliphatic rings. The summed E-state index contributed by atoms with van der Waals surface area (Å²) in [4.78, 5) is 29.7. The van der Waals surface area contributed by atoms with E-state index >= 15 is 0 Å². The molecule has 0 aromatic carbocycles. The standard InChI is InChI=1S/C17H24N2O3/c1-11-14(12(2)18-15(11)13(3)20)16(21)19-7-4-5-17(9-19)6-8-22-10-17/h18H,4-10H2,1-3H3/t17-/m1/s1. The van der Waals surface area contributed by atoms with Gasteiger partial charge in [0.1, 0.15) is 0 Å². The number of ether oxygens (including phenoxy) is 1. The Hall–Kier alpha value is -1.62. The van der Waals surface area contributed by atoms with Crippen LogP contribution < -0.4 is 0 Å². The number of aryl methyl sites for hydroxylation is 1. The normalized spacial score (nSPS) is 25.0. The summed E-state index contributed by atoms with van der Waals surface area (Å²) in [5.41, 5.74) is 2.93.